The van der Waals surface area contributed by atoms with Crippen LogP contribution in [0, 0.1) is 0 Å². The van der Waals surface area contributed by atoms with Crippen LogP contribution in [0.2, 0.25) is 0 Å². The number of carboxylic acids is 1. The molecule has 7 heteroatoms. The number of hydrogen-bond acceptors (Lipinski definition) is 4. The summed E-state index contributed by atoms with van der Waals surface area (Å²) in [6.45, 7) is 0.400. The van der Waals surface area contributed by atoms with Crippen LogP contribution in [0.15, 0.2) is 66.7 Å². The quantitative estimate of drug-likeness (QED) is 0.434. The van der Waals surface area contributed by atoms with Gasteiger partial charge in [0.2, 0.25) is 0 Å². The Labute approximate surface area is 201 Å². The van der Waals surface area contributed by atoms with Crippen LogP contribution in [0.5, 0.6) is 5.75 Å². The van der Waals surface area contributed by atoms with Crippen LogP contribution in [0.25, 0.3) is 22.0 Å². The Bertz CT molecular complexity index is 1430. The van der Waals surface area contributed by atoms with Gasteiger partial charge in [0.25, 0.3) is 0 Å². The van der Waals surface area contributed by atoms with Crippen molar-refractivity contribution in [1.82, 2.24) is 9.88 Å². The first-order valence-electron chi connectivity index (χ1n) is 11.6. The number of nitrogens with zero attached hydrogens (tertiary/aromatic N) is 1. The molecule has 4 aromatic rings. The third-order valence-electron chi connectivity index (χ3n) is 7.14. The number of H-pyrrole nitrogens is 1. The van der Waals surface area contributed by atoms with Crippen molar-refractivity contribution in [2.24, 2.45) is 0 Å². The van der Waals surface area contributed by atoms with Crippen molar-refractivity contribution in [2.45, 2.75) is 18.4 Å². The number of carbonyl (C=O) groups is 2. The van der Waals surface area contributed by atoms with Crippen LogP contribution in [0.1, 0.15) is 34.3 Å². The number of benzene rings is 3. The fraction of sp³-hybridized carbons (Fsp3) is 0.214. The van der Waals surface area contributed by atoms with E-state index in [1.54, 1.807) is 7.11 Å². The molecule has 1 atom stereocenters. The monoisotopic (exact) mass is 468 g/mol. The second-order valence-electron chi connectivity index (χ2n) is 8.92. The molecule has 1 amide bonds. The number of rotatable bonds is 4. The van der Waals surface area contributed by atoms with E-state index in [0.29, 0.717) is 17.9 Å². The summed E-state index contributed by atoms with van der Waals surface area (Å²) < 4.78 is 11.1. The largest absolute Gasteiger partial charge is 0.497 e. The Morgan fingerprint density at radius 3 is 2.37 bits per heavy atom. The van der Waals surface area contributed by atoms with Gasteiger partial charge in [0, 0.05) is 23.4 Å². The molecule has 0 saturated carbocycles. The maximum absolute atomic E-state index is 13.2. The van der Waals surface area contributed by atoms with Crippen LogP contribution in [0.3, 0.4) is 0 Å². The van der Waals surface area contributed by atoms with E-state index < -0.39 is 18.1 Å². The molecular formula is C28H24N2O5. The van der Waals surface area contributed by atoms with E-state index in [1.807, 2.05) is 42.5 Å². The van der Waals surface area contributed by atoms with Gasteiger partial charge in [-0.15, -0.1) is 0 Å². The van der Waals surface area contributed by atoms with Gasteiger partial charge in [-0.3, -0.25) is 4.90 Å². The van der Waals surface area contributed by atoms with Crippen molar-refractivity contribution in [3.63, 3.8) is 0 Å². The van der Waals surface area contributed by atoms with Crippen LogP contribution < -0.4 is 4.74 Å². The van der Waals surface area contributed by atoms with E-state index in [-0.39, 0.29) is 19.1 Å². The zero-order valence-corrected chi connectivity index (χ0v) is 19.2. The molecule has 0 fully saturated rings. The van der Waals surface area contributed by atoms with Crippen molar-refractivity contribution in [3.8, 4) is 16.9 Å². The van der Waals surface area contributed by atoms with E-state index in [1.165, 1.54) is 4.90 Å². The fourth-order valence-corrected chi connectivity index (χ4v) is 5.52. The second kappa shape index (κ2) is 8.20. The van der Waals surface area contributed by atoms with Gasteiger partial charge >= 0.3 is 12.1 Å². The molecule has 0 radical (unpaired) electrons. The maximum atomic E-state index is 13.2. The van der Waals surface area contributed by atoms with Gasteiger partial charge in [-0.05, 0) is 52.4 Å². The highest BCUT2D eigenvalue weighted by Crippen LogP contribution is 2.45. The van der Waals surface area contributed by atoms with Gasteiger partial charge in [0.15, 0.2) is 6.04 Å². The minimum Gasteiger partial charge on any atom is -0.497 e. The predicted molar refractivity (Wildman–Crippen MR) is 131 cm³/mol. The standard InChI is InChI=1S/C28H24N2O5/c1-34-16-10-11-24-22(14-16)21-12-13-30(26(27(31)32)25(21)29-24)28(33)35-15-23-19-8-4-2-6-17(19)18-7-3-5-9-20(18)23/h2-11,14,23,26,29H,12-13,15H2,1H3,(H,31,32)/t26-/m0/s1. The maximum Gasteiger partial charge on any atom is 0.410 e. The number of methoxy groups -OCH3 is 1. The summed E-state index contributed by atoms with van der Waals surface area (Å²) in [6, 6.07) is 20.7. The van der Waals surface area contributed by atoms with Crippen LogP contribution in [0.4, 0.5) is 4.79 Å². The number of ether oxygens (including phenoxy) is 2. The lowest BCUT2D eigenvalue weighted by atomic mass is 9.97. The Morgan fingerprint density at radius 2 is 1.71 bits per heavy atom. The average Bonchev–Trinajstić information content (AvgIpc) is 3.41. The smallest absolute Gasteiger partial charge is 0.410 e. The van der Waals surface area contributed by atoms with Crippen LogP contribution in [-0.4, -0.2) is 47.3 Å². The highest BCUT2D eigenvalue weighted by atomic mass is 16.6. The highest BCUT2D eigenvalue weighted by molar-refractivity contribution is 5.91. The summed E-state index contributed by atoms with van der Waals surface area (Å²) in [4.78, 5) is 30.1. The lowest BCUT2D eigenvalue weighted by Crippen LogP contribution is -2.44. The number of aromatic amines is 1. The number of hydrogen-bond donors (Lipinski definition) is 2. The third-order valence-corrected chi connectivity index (χ3v) is 7.14. The molecular weight excluding hydrogens is 444 g/mol. The van der Waals surface area contributed by atoms with Crippen LogP contribution in [-0.2, 0) is 16.0 Å². The highest BCUT2D eigenvalue weighted by Gasteiger charge is 2.40. The molecule has 7 nitrogen and oxygen atoms in total. The Morgan fingerprint density at radius 1 is 1.03 bits per heavy atom. The molecule has 35 heavy (non-hydrogen) atoms. The number of nitrogens with one attached hydrogen (secondary N) is 1. The van der Waals surface area contributed by atoms with Crippen molar-refractivity contribution < 1.29 is 24.2 Å². The van der Waals surface area contributed by atoms with E-state index in [2.05, 4.69) is 29.2 Å². The SMILES string of the molecule is COc1ccc2[nH]c3c(c2c1)CCN(C(=O)OCC1c2ccccc2-c2ccccc21)[C@@H]3C(=O)O. The molecule has 1 aromatic heterocycles. The van der Waals surface area contributed by atoms with Gasteiger partial charge in [-0.2, -0.15) is 0 Å². The lowest BCUT2D eigenvalue weighted by molar-refractivity contribution is -0.143. The zero-order chi connectivity index (χ0) is 24.1. The number of aliphatic carboxylic acids is 1. The minimum absolute atomic E-state index is 0.0875. The van der Waals surface area contributed by atoms with E-state index in [9.17, 15) is 14.7 Å². The summed E-state index contributed by atoms with van der Waals surface area (Å²) in [6.07, 6.45) is -0.0997. The second-order valence-corrected chi connectivity index (χ2v) is 8.92. The first kappa shape index (κ1) is 21.3. The van der Waals surface area contributed by atoms with E-state index in [4.69, 9.17) is 9.47 Å². The van der Waals surface area contributed by atoms with Gasteiger partial charge in [0.05, 0.1) is 12.8 Å². The number of amides is 1. The third kappa shape index (κ3) is 3.34. The van der Waals surface area contributed by atoms with Gasteiger partial charge in [-0.1, -0.05) is 48.5 Å². The summed E-state index contributed by atoms with van der Waals surface area (Å²) in [7, 11) is 1.60. The van der Waals surface area contributed by atoms with Crippen molar-refractivity contribution in [1.29, 1.82) is 0 Å². The van der Waals surface area contributed by atoms with Crippen molar-refractivity contribution in [2.75, 3.05) is 20.3 Å². The van der Waals surface area contributed by atoms with Gasteiger partial charge in [-0.25, -0.2) is 9.59 Å². The first-order chi connectivity index (χ1) is 17.1. The molecule has 0 spiro atoms. The lowest BCUT2D eigenvalue weighted by Gasteiger charge is -2.32. The summed E-state index contributed by atoms with van der Waals surface area (Å²) in [5, 5.41) is 11.0. The Balaban J connectivity index is 1.28. The molecule has 2 aliphatic rings. The topological polar surface area (TPSA) is 91.9 Å². The summed E-state index contributed by atoms with van der Waals surface area (Å²) in [5.41, 5.74) is 6.74. The molecule has 3 aromatic carbocycles. The normalized spacial score (nSPS) is 16.5. The van der Waals surface area contributed by atoms with Crippen molar-refractivity contribution >= 4 is 23.0 Å². The molecule has 0 bridgehead atoms. The summed E-state index contributed by atoms with van der Waals surface area (Å²) in [5.74, 6) is -0.487. The van der Waals surface area contributed by atoms with E-state index >= 15 is 0 Å². The molecule has 2 heterocycles. The average molecular weight is 469 g/mol. The number of fused-ring (bicyclic) bond motifs is 6. The molecule has 0 unspecified atom stereocenters. The minimum atomic E-state index is -1.15. The Hall–Kier alpha value is -4.26. The fourth-order valence-electron chi connectivity index (χ4n) is 5.52. The zero-order valence-electron chi connectivity index (χ0n) is 19.2. The van der Waals surface area contributed by atoms with Gasteiger partial charge in [0.1, 0.15) is 12.4 Å². The Kier molecular flexibility index (Phi) is 4.99. The number of aromatic nitrogens is 1. The number of carboxylic acid groups (broad SMARTS) is 1. The molecule has 2 N–H and O–H groups in total. The molecule has 1 aliphatic carbocycles. The van der Waals surface area contributed by atoms with E-state index in [0.717, 1.165) is 38.7 Å². The number of carbonyl (C=O) groups excluding carboxylic acids is 1. The molecule has 1 aliphatic heterocycles. The summed E-state index contributed by atoms with van der Waals surface area (Å²) >= 11 is 0. The molecule has 176 valence electrons. The van der Waals surface area contributed by atoms with Gasteiger partial charge < -0.3 is 19.6 Å². The van der Waals surface area contributed by atoms with Crippen LogP contribution >= 0.6 is 0 Å². The first-order valence-corrected chi connectivity index (χ1v) is 11.6. The molecule has 6 rings (SSSR count). The predicted octanol–water partition coefficient (Wildman–Crippen LogP) is 5.11. The van der Waals surface area contributed by atoms with Crippen molar-refractivity contribution in [3.05, 3.63) is 89.1 Å². The molecule has 0 saturated heterocycles.